The van der Waals surface area contributed by atoms with Gasteiger partial charge in [-0.25, -0.2) is 0 Å². The molecule has 0 atom stereocenters. The van der Waals surface area contributed by atoms with Gasteiger partial charge in [-0.3, -0.25) is 19.9 Å². The van der Waals surface area contributed by atoms with Crippen LogP contribution in [0.25, 0.3) is 22.5 Å². The Hall–Kier alpha value is -3.01. The number of rotatable bonds is 30. The summed E-state index contributed by atoms with van der Waals surface area (Å²) in [5.74, 6) is 0. The molecule has 64 heavy (non-hydrogen) atoms. The Balaban J connectivity index is 0.000000340. The van der Waals surface area contributed by atoms with Crippen LogP contribution in [0.1, 0.15) is 83.1 Å². The summed E-state index contributed by atoms with van der Waals surface area (Å²) < 4.78 is 72.1. The normalized spacial score (nSPS) is 12.3. The van der Waals surface area contributed by atoms with Gasteiger partial charge in [-0.2, -0.15) is 0 Å². The van der Waals surface area contributed by atoms with Crippen molar-refractivity contribution in [1.82, 2.24) is 19.9 Å². The van der Waals surface area contributed by atoms with Gasteiger partial charge in [-0.1, -0.05) is 12.1 Å². The molecule has 16 nitrogen and oxygen atoms in total. The number of pyridine rings is 4. The molecule has 0 radical (unpaired) electrons. The minimum absolute atomic E-state index is 0.485. The first-order valence-corrected chi connectivity index (χ1v) is 29.5. The molecule has 0 aromatic carbocycles. The fourth-order valence-electron chi connectivity index (χ4n) is 6.76. The van der Waals surface area contributed by atoms with Crippen molar-refractivity contribution in [3.05, 3.63) is 73.6 Å². The van der Waals surface area contributed by atoms with E-state index in [9.17, 15) is 0 Å². The third-order valence-corrected chi connectivity index (χ3v) is 21.0. The average molecular weight is 961 g/mol. The first kappa shape index (κ1) is 55.3. The Kier molecular flexibility index (Phi) is 25.0. The fraction of sp³-hybridized carbons (Fsp3) is 0.545. The highest BCUT2D eigenvalue weighted by Crippen LogP contribution is 2.21. The Bertz CT molecular complexity index is 1690. The summed E-state index contributed by atoms with van der Waals surface area (Å²) in [5, 5.41) is 3.29. The molecule has 0 saturated heterocycles. The van der Waals surface area contributed by atoms with Gasteiger partial charge in [-0.05, 0) is 107 Å². The number of nitrogens with zero attached hydrogens (tertiary/aromatic N) is 4. The highest BCUT2D eigenvalue weighted by molar-refractivity contribution is 6.76. The van der Waals surface area contributed by atoms with Gasteiger partial charge in [0.1, 0.15) is 0 Å². The zero-order chi connectivity index (χ0) is 46.9. The number of hydrogen-bond acceptors (Lipinski definition) is 16. The van der Waals surface area contributed by atoms with Crippen molar-refractivity contribution >= 4 is 56.0 Å². The van der Waals surface area contributed by atoms with Crippen LogP contribution in [0.2, 0.25) is 0 Å². The molecule has 4 rings (SSSR count). The van der Waals surface area contributed by atoms with E-state index in [2.05, 4.69) is 19.9 Å². The second-order valence-electron chi connectivity index (χ2n) is 13.2. The molecular formula is C44H72N4O12Si4. The summed E-state index contributed by atoms with van der Waals surface area (Å²) in [6.45, 7) is 29.1. The van der Waals surface area contributed by atoms with Crippen molar-refractivity contribution in [3.8, 4) is 22.5 Å². The van der Waals surface area contributed by atoms with Gasteiger partial charge < -0.3 is 53.1 Å². The van der Waals surface area contributed by atoms with Gasteiger partial charge in [0.05, 0.1) is 11.4 Å². The Morgan fingerprint density at radius 3 is 0.734 bits per heavy atom. The Morgan fingerprint density at radius 1 is 0.297 bits per heavy atom. The number of hydrogen-bond donors (Lipinski definition) is 0. The van der Waals surface area contributed by atoms with Crippen LogP contribution >= 0.6 is 0 Å². The maximum Gasteiger partial charge on any atom is 0.538 e. The summed E-state index contributed by atoms with van der Waals surface area (Å²) >= 11 is 0. The van der Waals surface area contributed by atoms with Crippen LogP contribution in [0, 0.1) is 0 Å². The van der Waals surface area contributed by atoms with Gasteiger partial charge >= 0.3 is 35.2 Å². The fourth-order valence-corrected chi connectivity index (χ4v) is 16.5. The number of aromatic nitrogens is 4. The summed E-state index contributed by atoms with van der Waals surface area (Å²) in [6.07, 6.45) is 10.6. The molecule has 20 heteroatoms. The van der Waals surface area contributed by atoms with Gasteiger partial charge in [-0.15, -0.1) is 0 Å². The van der Waals surface area contributed by atoms with E-state index in [1.165, 1.54) is 0 Å². The summed E-state index contributed by atoms with van der Waals surface area (Å²) in [4.78, 5) is 18.1. The van der Waals surface area contributed by atoms with Crippen molar-refractivity contribution in [1.29, 1.82) is 0 Å². The third kappa shape index (κ3) is 14.5. The monoisotopic (exact) mass is 960 g/mol. The van der Waals surface area contributed by atoms with Crippen LogP contribution < -0.4 is 20.7 Å². The van der Waals surface area contributed by atoms with Crippen molar-refractivity contribution in [2.45, 2.75) is 83.1 Å². The van der Waals surface area contributed by atoms with Crippen LogP contribution in [0.15, 0.2) is 73.6 Å². The molecule has 4 aromatic heterocycles. The van der Waals surface area contributed by atoms with Gasteiger partial charge in [0, 0.05) is 148 Å². The van der Waals surface area contributed by atoms with E-state index in [1.54, 1.807) is 37.2 Å². The quantitative estimate of drug-likeness (QED) is 0.0618. The average Bonchev–Trinajstić information content (AvgIpc) is 3.30. The Morgan fingerprint density at radius 2 is 0.531 bits per heavy atom. The van der Waals surface area contributed by atoms with Crippen molar-refractivity contribution in [3.63, 3.8) is 0 Å². The minimum atomic E-state index is -3.07. The first-order valence-electron chi connectivity index (χ1n) is 22.6. The van der Waals surface area contributed by atoms with Crippen molar-refractivity contribution in [2.24, 2.45) is 0 Å². The molecule has 0 aliphatic carbocycles. The van der Waals surface area contributed by atoms with Crippen LogP contribution in [0.3, 0.4) is 0 Å². The molecule has 0 saturated carbocycles. The molecule has 0 amide bonds. The van der Waals surface area contributed by atoms with E-state index in [-0.39, 0.29) is 0 Å². The summed E-state index contributed by atoms with van der Waals surface area (Å²) in [7, 11) is -12.1. The smallest absolute Gasteiger partial charge is 0.370 e. The molecule has 0 fully saturated rings. The van der Waals surface area contributed by atoms with Crippen LogP contribution in [-0.4, -0.2) is 134 Å². The highest BCUT2D eigenvalue weighted by Gasteiger charge is 2.47. The molecule has 0 spiro atoms. The van der Waals surface area contributed by atoms with E-state index in [4.69, 9.17) is 53.1 Å². The second kappa shape index (κ2) is 28.9. The predicted octanol–water partition coefficient (Wildman–Crippen LogP) is 5.31. The molecule has 0 unspecified atom stereocenters. The topological polar surface area (TPSA) is 162 Å². The second-order valence-corrected chi connectivity index (χ2v) is 23.4. The van der Waals surface area contributed by atoms with E-state index < -0.39 is 35.2 Å². The minimum Gasteiger partial charge on any atom is -0.370 e. The van der Waals surface area contributed by atoms with Crippen molar-refractivity contribution in [2.75, 3.05) is 79.3 Å². The zero-order valence-electron chi connectivity index (χ0n) is 40.1. The molecule has 4 heterocycles. The van der Waals surface area contributed by atoms with Crippen molar-refractivity contribution < 1.29 is 53.1 Å². The van der Waals surface area contributed by atoms with Gasteiger partial charge in [0.2, 0.25) is 0 Å². The lowest BCUT2D eigenvalue weighted by molar-refractivity contribution is 0.0850. The van der Waals surface area contributed by atoms with E-state index >= 15 is 0 Å². The summed E-state index contributed by atoms with van der Waals surface area (Å²) in [6, 6.07) is 11.7. The van der Waals surface area contributed by atoms with E-state index in [1.807, 2.05) is 119 Å². The largest absolute Gasteiger partial charge is 0.538 e. The zero-order valence-corrected chi connectivity index (χ0v) is 44.1. The molecule has 0 bridgehead atoms. The lowest BCUT2D eigenvalue weighted by Gasteiger charge is -2.29. The third-order valence-electron chi connectivity index (χ3n) is 9.03. The molecule has 0 N–H and O–H groups in total. The molecule has 0 aliphatic rings. The molecule has 4 aromatic rings. The lowest BCUT2D eigenvalue weighted by Crippen LogP contribution is -2.57. The predicted molar refractivity (Wildman–Crippen MR) is 256 cm³/mol. The van der Waals surface area contributed by atoms with Gasteiger partial charge in [0.25, 0.3) is 0 Å². The summed E-state index contributed by atoms with van der Waals surface area (Å²) in [5.41, 5.74) is 3.23. The van der Waals surface area contributed by atoms with Gasteiger partial charge in [0.15, 0.2) is 0 Å². The lowest BCUT2D eigenvalue weighted by atomic mass is 10.1. The maximum absolute atomic E-state index is 6.05. The highest BCUT2D eigenvalue weighted by atomic mass is 28.4. The van der Waals surface area contributed by atoms with E-state index in [0.717, 1.165) is 43.3 Å². The molecule has 0 aliphatic heterocycles. The van der Waals surface area contributed by atoms with Crippen LogP contribution in [0.5, 0.6) is 0 Å². The Labute approximate surface area is 386 Å². The standard InChI is InChI=1S/2C22H36N2O6Si2/c1-7-25-31(26-8-2,27-9-3)21-13-19(15-23-17-21)20-14-22(18-24-16-20)32(28-10-4,29-11-5)30-12-6;1-7-25-31(26-8-2,27-9-3)19-13-15-21(23-17-19)22-16-14-20(18-24-22)32(28-10-4,29-11-5)30-12-6/h2*13-18H,7-12H2,1-6H3. The van der Waals surface area contributed by atoms with Crippen LogP contribution in [-0.2, 0) is 53.1 Å². The van der Waals surface area contributed by atoms with Crippen LogP contribution in [0.4, 0.5) is 0 Å². The van der Waals surface area contributed by atoms with E-state index in [0.29, 0.717) is 79.3 Å². The first-order chi connectivity index (χ1) is 31.1. The molecular weight excluding hydrogens is 889 g/mol. The maximum atomic E-state index is 6.05. The molecule has 356 valence electrons. The SMILES string of the molecule is CCO[Si](OCC)(OCC)c1ccc(-c2ccc([Si](OCC)(OCC)OCC)cn2)nc1.CCO[Si](OCC)(OCC)c1cncc(-c2cncc([Si](OCC)(OCC)OCC)c2)c1.